The van der Waals surface area contributed by atoms with Gasteiger partial charge in [0.15, 0.2) is 0 Å². The second kappa shape index (κ2) is 8.94. The molecule has 2 aliphatic rings. The van der Waals surface area contributed by atoms with Crippen molar-refractivity contribution in [3.63, 3.8) is 0 Å². The molecule has 0 aliphatic heterocycles. The molecule has 0 saturated carbocycles. The SMILES string of the molecule is CC1=CCC(CC2=[C]([Ti+2])CC=C2)(OC(C)(C)C)C(C(C)(C)C)=C1.[Cl-].[Cl-]. The number of halogens is 2. The summed E-state index contributed by atoms with van der Waals surface area (Å²) >= 11 is 2.25. The van der Waals surface area contributed by atoms with Gasteiger partial charge in [0.2, 0.25) is 0 Å². The number of hydrogen-bond acceptors (Lipinski definition) is 1. The third kappa shape index (κ3) is 6.40. The third-order valence-electron chi connectivity index (χ3n) is 4.43. The zero-order valence-corrected chi connectivity index (χ0v) is 19.7. The third-order valence-corrected chi connectivity index (χ3v) is 5.25. The average molecular weight is 418 g/mol. The van der Waals surface area contributed by atoms with Crippen molar-refractivity contribution < 1.29 is 50.0 Å². The minimum Gasteiger partial charge on any atom is -1.00 e. The molecule has 0 fully saturated rings. The molecule has 1 nitrogen and oxygen atoms in total. The predicted molar refractivity (Wildman–Crippen MR) is 94.9 cm³/mol. The van der Waals surface area contributed by atoms with Crippen molar-refractivity contribution in [1.29, 1.82) is 0 Å². The summed E-state index contributed by atoms with van der Waals surface area (Å²) in [6, 6.07) is 0. The van der Waals surface area contributed by atoms with Gasteiger partial charge in [-0.15, -0.1) is 0 Å². The Morgan fingerprint density at radius 1 is 1.12 bits per heavy atom. The van der Waals surface area contributed by atoms with Crippen LogP contribution in [0.3, 0.4) is 0 Å². The largest absolute Gasteiger partial charge is 1.00 e. The summed E-state index contributed by atoms with van der Waals surface area (Å²) in [4.78, 5) is 0. The maximum atomic E-state index is 6.78. The van der Waals surface area contributed by atoms with Crippen LogP contribution in [0.15, 0.2) is 44.9 Å². The molecule has 0 heterocycles. The summed E-state index contributed by atoms with van der Waals surface area (Å²) in [7, 11) is 0. The smallest absolute Gasteiger partial charge is 1.00 e. The normalized spacial score (nSPS) is 23.7. The van der Waals surface area contributed by atoms with Gasteiger partial charge in [0.25, 0.3) is 0 Å². The molecule has 1 unspecified atom stereocenters. The minimum atomic E-state index is -0.235. The van der Waals surface area contributed by atoms with Gasteiger partial charge in [-0.1, -0.05) is 0 Å². The molecule has 0 aromatic carbocycles. The van der Waals surface area contributed by atoms with E-state index in [9.17, 15) is 0 Å². The van der Waals surface area contributed by atoms with Crippen LogP contribution in [0.5, 0.6) is 0 Å². The van der Waals surface area contributed by atoms with E-state index in [4.69, 9.17) is 4.74 Å². The van der Waals surface area contributed by atoms with Crippen LogP contribution in [0, 0.1) is 5.41 Å². The fraction of sp³-hybridized carbons (Fsp3) is 0.619. The molecule has 4 heteroatoms. The Morgan fingerprint density at radius 2 is 1.72 bits per heavy atom. The summed E-state index contributed by atoms with van der Waals surface area (Å²) in [5, 5.41) is 0. The number of ether oxygens (including phenoxy) is 1. The van der Waals surface area contributed by atoms with E-state index < -0.39 is 0 Å². The van der Waals surface area contributed by atoms with Gasteiger partial charge in [-0.3, -0.25) is 0 Å². The summed E-state index contributed by atoms with van der Waals surface area (Å²) in [5.74, 6) is 0. The maximum Gasteiger partial charge on any atom is -1.00 e. The van der Waals surface area contributed by atoms with Crippen LogP contribution < -0.4 is 24.8 Å². The summed E-state index contributed by atoms with van der Waals surface area (Å²) in [5.41, 5.74) is 3.94. The second-order valence-electron chi connectivity index (χ2n) is 8.96. The monoisotopic (exact) mass is 417 g/mol. The molecule has 0 radical (unpaired) electrons. The fourth-order valence-electron chi connectivity index (χ4n) is 3.66. The van der Waals surface area contributed by atoms with Crippen LogP contribution in [0.4, 0.5) is 0 Å². The molecule has 0 aromatic heterocycles. The van der Waals surface area contributed by atoms with E-state index in [-0.39, 0.29) is 41.4 Å². The second-order valence-corrected chi connectivity index (χ2v) is 9.90. The van der Waals surface area contributed by atoms with E-state index in [1.165, 1.54) is 20.6 Å². The van der Waals surface area contributed by atoms with Gasteiger partial charge in [-0.25, -0.2) is 0 Å². The van der Waals surface area contributed by atoms with Gasteiger partial charge < -0.3 is 24.8 Å². The van der Waals surface area contributed by atoms with Gasteiger partial charge in [0.05, 0.1) is 0 Å². The molecular formula is C21H31Cl2OTi. The van der Waals surface area contributed by atoms with Crippen molar-refractivity contribution in [3.8, 4) is 0 Å². The van der Waals surface area contributed by atoms with Gasteiger partial charge in [0.1, 0.15) is 0 Å². The fourth-order valence-corrected chi connectivity index (χ4v) is 4.12. The molecule has 0 spiro atoms. The van der Waals surface area contributed by atoms with E-state index in [2.05, 4.69) is 93.2 Å². The molecule has 0 saturated heterocycles. The molecule has 0 bridgehead atoms. The first-order valence-electron chi connectivity index (χ1n) is 8.63. The first-order valence-corrected chi connectivity index (χ1v) is 9.41. The molecule has 0 amide bonds. The van der Waals surface area contributed by atoms with E-state index >= 15 is 0 Å². The van der Waals surface area contributed by atoms with E-state index in [1.807, 2.05) is 0 Å². The van der Waals surface area contributed by atoms with Crippen LogP contribution in [0.2, 0.25) is 0 Å². The van der Waals surface area contributed by atoms with Crippen molar-refractivity contribution in [1.82, 2.24) is 0 Å². The Hall–Kier alpha value is 0.214. The Morgan fingerprint density at radius 3 is 2.16 bits per heavy atom. The first-order chi connectivity index (χ1) is 10.4. The van der Waals surface area contributed by atoms with E-state index in [0.29, 0.717) is 0 Å². The van der Waals surface area contributed by atoms with Crippen LogP contribution in [0.25, 0.3) is 0 Å². The zero-order valence-electron chi connectivity index (χ0n) is 16.6. The van der Waals surface area contributed by atoms with Crippen LogP contribution >= 0.6 is 0 Å². The Bertz CT molecular complexity index is 600. The molecule has 139 valence electrons. The molecule has 2 aliphatic carbocycles. The van der Waals surface area contributed by atoms with Crippen molar-refractivity contribution in [2.24, 2.45) is 5.41 Å². The molecule has 1 atom stereocenters. The molecule has 25 heavy (non-hydrogen) atoms. The van der Waals surface area contributed by atoms with E-state index in [0.717, 1.165) is 19.3 Å². The number of allylic oxidation sites excluding steroid dienone is 5. The van der Waals surface area contributed by atoms with Crippen molar-refractivity contribution in [3.05, 3.63) is 44.9 Å². The quantitative estimate of drug-likeness (QED) is 0.588. The first kappa shape index (κ1) is 25.2. The van der Waals surface area contributed by atoms with Crippen molar-refractivity contribution in [2.75, 3.05) is 0 Å². The minimum absolute atomic E-state index is 0. The number of hydrogen-bond donors (Lipinski definition) is 0. The van der Waals surface area contributed by atoms with Gasteiger partial charge >= 0.3 is 154 Å². The summed E-state index contributed by atoms with van der Waals surface area (Å²) < 4.78 is 8.27. The molecule has 0 N–H and O–H groups in total. The molecular weight excluding hydrogens is 387 g/mol. The Kier molecular flexibility index (Phi) is 9.01. The zero-order chi connectivity index (χ0) is 17.5. The number of rotatable bonds is 3. The Balaban J connectivity index is 0.00000288. The van der Waals surface area contributed by atoms with Crippen LogP contribution in [-0.4, -0.2) is 11.2 Å². The standard InChI is InChI=1S/C21H31O.2ClH.Ti/c1-16-12-13-21(22-20(5,6)7,15-17-10-8-9-11-17)18(14-16)19(2,3)4;;;/h8,10,12,14H,9,13,15H2,1-7H3;2*1H;/q;;;+2/p-2. The topological polar surface area (TPSA) is 9.23 Å². The van der Waals surface area contributed by atoms with Gasteiger partial charge in [0, 0.05) is 0 Å². The predicted octanol–water partition coefficient (Wildman–Crippen LogP) is 0.0217. The van der Waals surface area contributed by atoms with Crippen molar-refractivity contribution in [2.45, 2.75) is 78.9 Å². The Labute approximate surface area is 178 Å². The molecule has 2 rings (SSSR count). The van der Waals surface area contributed by atoms with Crippen LogP contribution in [0.1, 0.15) is 67.7 Å². The molecule has 0 aromatic rings. The van der Waals surface area contributed by atoms with Crippen molar-refractivity contribution >= 4 is 0 Å². The average Bonchev–Trinajstić information content (AvgIpc) is 2.75. The van der Waals surface area contributed by atoms with Gasteiger partial charge in [-0.05, 0) is 0 Å². The maximum absolute atomic E-state index is 6.78. The van der Waals surface area contributed by atoms with E-state index in [1.54, 1.807) is 0 Å². The van der Waals surface area contributed by atoms with Gasteiger partial charge in [-0.2, -0.15) is 0 Å². The summed E-state index contributed by atoms with van der Waals surface area (Å²) in [6.45, 7) is 15.6. The summed E-state index contributed by atoms with van der Waals surface area (Å²) in [6.07, 6.45) is 12.3. The van der Waals surface area contributed by atoms with Crippen LogP contribution in [-0.2, 0) is 25.2 Å².